The SMILES string of the molecule is CC[C@H](C(=O)NCC(C)C)N(Cc1ccccc1)C(=O)Cc1ccccc1[N+](=O)[O-]. The van der Waals surface area contributed by atoms with E-state index in [0.29, 0.717) is 18.5 Å². The van der Waals surface area contributed by atoms with Crippen molar-refractivity contribution < 1.29 is 14.5 Å². The third-order valence-electron chi connectivity index (χ3n) is 4.80. The van der Waals surface area contributed by atoms with E-state index < -0.39 is 11.0 Å². The summed E-state index contributed by atoms with van der Waals surface area (Å²) >= 11 is 0. The van der Waals surface area contributed by atoms with Crippen LogP contribution in [0.2, 0.25) is 0 Å². The molecule has 2 amide bonds. The standard InChI is InChI=1S/C23H29N3O4/c1-4-20(23(28)24-15-17(2)3)25(16-18-10-6-5-7-11-18)22(27)14-19-12-8-9-13-21(19)26(29)30/h5-13,17,20H,4,14-16H2,1-3H3,(H,24,28)/t20-/m1/s1. The van der Waals surface area contributed by atoms with Gasteiger partial charge in [0.2, 0.25) is 11.8 Å². The van der Waals surface area contributed by atoms with Crippen molar-refractivity contribution in [3.05, 3.63) is 75.8 Å². The van der Waals surface area contributed by atoms with Crippen LogP contribution < -0.4 is 5.32 Å². The molecule has 0 radical (unpaired) electrons. The molecule has 160 valence electrons. The zero-order chi connectivity index (χ0) is 22.1. The second-order valence-corrected chi connectivity index (χ2v) is 7.63. The molecule has 2 aromatic rings. The van der Waals surface area contributed by atoms with Crippen molar-refractivity contribution in [3.63, 3.8) is 0 Å². The zero-order valence-corrected chi connectivity index (χ0v) is 17.7. The van der Waals surface area contributed by atoms with Crippen LogP contribution in [0.25, 0.3) is 0 Å². The topological polar surface area (TPSA) is 92.6 Å². The lowest BCUT2D eigenvalue weighted by atomic mass is 10.1. The first kappa shape index (κ1) is 23.1. The minimum Gasteiger partial charge on any atom is -0.354 e. The van der Waals surface area contributed by atoms with Crippen LogP contribution in [-0.4, -0.2) is 34.2 Å². The lowest BCUT2D eigenvalue weighted by Gasteiger charge is -2.31. The number of hydrogen-bond donors (Lipinski definition) is 1. The van der Waals surface area contributed by atoms with Crippen LogP contribution in [0.15, 0.2) is 54.6 Å². The summed E-state index contributed by atoms with van der Waals surface area (Å²) in [6.07, 6.45) is 0.303. The first-order valence-corrected chi connectivity index (χ1v) is 10.2. The van der Waals surface area contributed by atoms with Crippen LogP contribution >= 0.6 is 0 Å². The van der Waals surface area contributed by atoms with Gasteiger partial charge in [0.05, 0.1) is 11.3 Å². The molecule has 0 heterocycles. The molecular formula is C23H29N3O4. The molecule has 0 bridgehead atoms. The Morgan fingerprint density at radius 3 is 2.30 bits per heavy atom. The summed E-state index contributed by atoms with van der Waals surface area (Å²) in [6, 6.07) is 15.0. The summed E-state index contributed by atoms with van der Waals surface area (Å²) in [6.45, 7) is 6.64. The smallest absolute Gasteiger partial charge is 0.273 e. The highest BCUT2D eigenvalue weighted by atomic mass is 16.6. The van der Waals surface area contributed by atoms with E-state index in [9.17, 15) is 19.7 Å². The third kappa shape index (κ3) is 6.40. The lowest BCUT2D eigenvalue weighted by molar-refractivity contribution is -0.385. The number of nitrogens with one attached hydrogen (secondary N) is 1. The molecular weight excluding hydrogens is 382 g/mol. The molecule has 0 saturated carbocycles. The van der Waals surface area contributed by atoms with Gasteiger partial charge in [-0.1, -0.05) is 69.3 Å². The lowest BCUT2D eigenvalue weighted by Crippen LogP contribution is -2.50. The summed E-state index contributed by atoms with van der Waals surface area (Å²) < 4.78 is 0. The highest BCUT2D eigenvalue weighted by molar-refractivity contribution is 5.88. The Hall–Kier alpha value is -3.22. The molecule has 0 spiro atoms. The van der Waals surface area contributed by atoms with Crippen molar-refractivity contribution in [1.29, 1.82) is 0 Å². The second kappa shape index (κ2) is 11.1. The van der Waals surface area contributed by atoms with E-state index in [-0.39, 0.29) is 36.4 Å². The Morgan fingerprint density at radius 2 is 1.70 bits per heavy atom. The van der Waals surface area contributed by atoms with Crippen LogP contribution in [0, 0.1) is 16.0 Å². The number of nitro benzene ring substituents is 1. The van der Waals surface area contributed by atoms with Gasteiger partial charge >= 0.3 is 0 Å². The van der Waals surface area contributed by atoms with E-state index in [1.807, 2.05) is 51.1 Å². The maximum Gasteiger partial charge on any atom is 0.273 e. The Balaban J connectivity index is 2.31. The Morgan fingerprint density at radius 1 is 1.07 bits per heavy atom. The predicted octanol–water partition coefficient (Wildman–Crippen LogP) is 3.72. The molecule has 7 nitrogen and oxygen atoms in total. The summed E-state index contributed by atoms with van der Waals surface area (Å²) in [7, 11) is 0. The maximum atomic E-state index is 13.3. The van der Waals surface area contributed by atoms with Crippen molar-refractivity contribution in [3.8, 4) is 0 Å². The van der Waals surface area contributed by atoms with E-state index >= 15 is 0 Å². The van der Waals surface area contributed by atoms with Gasteiger partial charge in [0, 0.05) is 24.7 Å². The molecule has 7 heteroatoms. The van der Waals surface area contributed by atoms with Crippen molar-refractivity contribution in [1.82, 2.24) is 10.2 Å². The van der Waals surface area contributed by atoms with Gasteiger partial charge in [-0.3, -0.25) is 19.7 Å². The average molecular weight is 412 g/mol. The van der Waals surface area contributed by atoms with E-state index in [2.05, 4.69) is 5.32 Å². The number of nitrogens with zero attached hydrogens (tertiary/aromatic N) is 2. The molecule has 2 rings (SSSR count). The van der Waals surface area contributed by atoms with Crippen LogP contribution in [0.5, 0.6) is 0 Å². The molecule has 0 aliphatic rings. The number of para-hydroxylation sites is 1. The second-order valence-electron chi connectivity index (χ2n) is 7.63. The molecule has 0 unspecified atom stereocenters. The number of nitro groups is 1. The molecule has 0 saturated heterocycles. The number of amides is 2. The minimum atomic E-state index is -0.653. The van der Waals surface area contributed by atoms with Gasteiger partial charge in [-0.15, -0.1) is 0 Å². The van der Waals surface area contributed by atoms with Gasteiger partial charge < -0.3 is 10.2 Å². The fourth-order valence-electron chi connectivity index (χ4n) is 3.23. The van der Waals surface area contributed by atoms with Gasteiger partial charge in [-0.2, -0.15) is 0 Å². The number of hydrogen-bond acceptors (Lipinski definition) is 4. The quantitative estimate of drug-likeness (QED) is 0.476. The number of carbonyl (C=O) groups is 2. The fourth-order valence-corrected chi connectivity index (χ4v) is 3.23. The molecule has 30 heavy (non-hydrogen) atoms. The summed E-state index contributed by atoms with van der Waals surface area (Å²) in [5.41, 5.74) is 1.13. The fraction of sp³-hybridized carbons (Fsp3) is 0.391. The Kier molecular flexibility index (Phi) is 8.53. The molecule has 0 aliphatic carbocycles. The van der Waals surface area contributed by atoms with Crippen LogP contribution in [0.1, 0.15) is 38.3 Å². The molecule has 0 fully saturated rings. The number of rotatable bonds is 10. The highest BCUT2D eigenvalue weighted by Crippen LogP contribution is 2.21. The van der Waals surface area contributed by atoms with Crippen molar-refractivity contribution in [2.75, 3.05) is 6.54 Å². The summed E-state index contributed by atoms with van der Waals surface area (Å²) in [4.78, 5) is 38.5. The van der Waals surface area contributed by atoms with Crippen LogP contribution in [-0.2, 0) is 22.6 Å². The monoisotopic (exact) mass is 411 g/mol. The van der Waals surface area contributed by atoms with Gasteiger partial charge in [-0.25, -0.2) is 0 Å². The third-order valence-corrected chi connectivity index (χ3v) is 4.80. The van der Waals surface area contributed by atoms with E-state index in [1.54, 1.807) is 18.2 Å². The van der Waals surface area contributed by atoms with Crippen LogP contribution in [0.4, 0.5) is 5.69 Å². The van der Waals surface area contributed by atoms with Crippen molar-refractivity contribution in [2.24, 2.45) is 5.92 Å². The Bertz CT molecular complexity index is 868. The van der Waals surface area contributed by atoms with Gasteiger partial charge in [0.25, 0.3) is 5.69 Å². The van der Waals surface area contributed by atoms with Gasteiger partial charge in [-0.05, 0) is 17.9 Å². The van der Waals surface area contributed by atoms with Gasteiger partial charge in [0.15, 0.2) is 0 Å². The van der Waals surface area contributed by atoms with E-state index in [0.717, 1.165) is 5.56 Å². The molecule has 0 aromatic heterocycles. The first-order chi connectivity index (χ1) is 14.3. The molecule has 1 N–H and O–H groups in total. The highest BCUT2D eigenvalue weighted by Gasteiger charge is 2.29. The maximum absolute atomic E-state index is 13.3. The van der Waals surface area contributed by atoms with Crippen LogP contribution in [0.3, 0.4) is 0 Å². The van der Waals surface area contributed by atoms with E-state index in [4.69, 9.17) is 0 Å². The predicted molar refractivity (Wildman–Crippen MR) is 116 cm³/mol. The molecule has 1 atom stereocenters. The zero-order valence-electron chi connectivity index (χ0n) is 17.7. The summed E-state index contributed by atoms with van der Waals surface area (Å²) in [5, 5.41) is 14.2. The number of benzene rings is 2. The van der Waals surface area contributed by atoms with Crippen molar-refractivity contribution in [2.45, 2.75) is 46.2 Å². The summed E-state index contributed by atoms with van der Waals surface area (Å²) in [5.74, 6) is -0.241. The normalized spacial score (nSPS) is 11.7. The Labute approximate surface area is 177 Å². The largest absolute Gasteiger partial charge is 0.354 e. The van der Waals surface area contributed by atoms with Crippen molar-refractivity contribution >= 4 is 17.5 Å². The minimum absolute atomic E-state index is 0.0946. The average Bonchev–Trinajstić information content (AvgIpc) is 2.73. The first-order valence-electron chi connectivity index (χ1n) is 10.2. The van der Waals surface area contributed by atoms with E-state index in [1.165, 1.54) is 11.0 Å². The molecule has 0 aliphatic heterocycles. The number of carbonyl (C=O) groups excluding carboxylic acids is 2. The molecule has 2 aromatic carbocycles. The van der Waals surface area contributed by atoms with Gasteiger partial charge in [0.1, 0.15) is 6.04 Å².